The Labute approximate surface area is 78.6 Å². The molecule has 12 heavy (non-hydrogen) atoms. The van der Waals surface area contributed by atoms with Gasteiger partial charge in [-0.3, -0.25) is 0 Å². The minimum absolute atomic E-state index is 0. The maximum Gasteiger partial charge on any atom is 0.159 e. The lowest BCUT2D eigenvalue weighted by Crippen LogP contribution is -1.71. The maximum atomic E-state index is 9.04. The van der Waals surface area contributed by atoms with E-state index in [0.717, 1.165) is 0 Å². The third kappa shape index (κ3) is 1.23. The van der Waals surface area contributed by atoms with Crippen molar-refractivity contribution >= 4 is 28.0 Å². The predicted molar refractivity (Wildman–Crippen MR) is 49.7 cm³/mol. The van der Waals surface area contributed by atoms with Crippen molar-refractivity contribution in [1.29, 1.82) is 0 Å². The van der Waals surface area contributed by atoms with Crippen LogP contribution in [0, 0.1) is 0 Å². The van der Waals surface area contributed by atoms with Crippen molar-refractivity contribution in [2.24, 2.45) is 0 Å². The van der Waals surface area contributed by atoms with Crippen LogP contribution in [0.2, 0.25) is 0 Å². The molecule has 0 aliphatic heterocycles. The summed E-state index contributed by atoms with van der Waals surface area (Å²) >= 11 is 0. The molecular weight excluding hydrogens is 224 g/mol. The largest absolute Gasteiger partial charge is 0.504 e. The van der Waals surface area contributed by atoms with Crippen molar-refractivity contribution in [2.45, 2.75) is 0 Å². The summed E-state index contributed by atoms with van der Waals surface area (Å²) in [6.07, 6.45) is 1.50. The average Bonchev–Trinajstić information content (AvgIpc) is 2.36. The number of hydrogen-bond acceptors (Lipinski definition) is 3. The lowest BCUT2D eigenvalue weighted by molar-refractivity contribution is 0.405. The number of rotatable bonds is 0. The molecule has 64 valence electrons. The molecule has 1 aromatic carbocycles. The molecule has 2 rings (SSSR count). The van der Waals surface area contributed by atoms with Gasteiger partial charge in [0.15, 0.2) is 11.5 Å². The highest BCUT2D eigenvalue weighted by atomic mass is 79.9. The number of benzene rings is 1. The van der Waals surface area contributed by atoms with Crippen LogP contribution in [0.25, 0.3) is 11.0 Å². The van der Waals surface area contributed by atoms with Crippen LogP contribution >= 0.6 is 17.0 Å². The van der Waals surface area contributed by atoms with E-state index < -0.39 is 0 Å². The van der Waals surface area contributed by atoms with Gasteiger partial charge in [-0.2, -0.15) is 0 Å². The SMILES string of the molecule is Br.Oc1cc2nc[nH]c2cc1O. The van der Waals surface area contributed by atoms with E-state index in [2.05, 4.69) is 9.97 Å². The number of halogens is 1. The van der Waals surface area contributed by atoms with Gasteiger partial charge in [-0.15, -0.1) is 17.0 Å². The van der Waals surface area contributed by atoms with Crippen LogP contribution in [-0.4, -0.2) is 20.2 Å². The van der Waals surface area contributed by atoms with Crippen molar-refractivity contribution in [2.75, 3.05) is 0 Å². The van der Waals surface area contributed by atoms with E-state index >= 15 is 0 Å². The zero-order valence-electron chi connectivity index (χ0n) is 5.98. The van der Waals surface area contributed by atoms with Crippen LogP contribution in [0.3, 0.4) is 0 Å². The van der Waals surface area contributed by atoms with Crippen LogP contribution in [0.1, 0.15) is 0 Å². The minimum atomic E-state index is -0.149. The molecule has 0 aliphatic rings. The summed E-state index contributed by atoms with van der Waals surface area (Å²) in [5, 5.41) is 18.1. The topological polar surface area (TPSA) is 69.1 Å². The number of H-pyrrole nitrogens is 1. The molecule has 2 aromatic rings. The second-order valence-corrected chi connectivity index (χ2v) is 2.26. The van der Waals surface area contributed by atoms with E-state index in [1.54, 1.807) is 0 Å². The highest BCUT2D eigenvalue weighted by Gasteiger charge is 2.02. The fourth-order valence-electron chi connectivity index (χ4n) is 0.960. The Balaban J connectivity index is 0.000000720. The summed E-state index contributed by atoms with van der Waals surface area (Å²) in [4.78, 5) is 6.70. The Morgan fingerprint density at radius 1 is 1.17 bits per heavy atom. The van der Waals surface area contributed by atoms with Gasteiger partial charge in [-0.25, -0.2) is 4.98 Å². The summed E-state index contributed by atoms with van der Waals surface area (Å²) < 4.78 is 0. The van der Waals surface area contributed by atoms with Gasteiger partial charge >= 0.3 is 0 Å². The Morgan fingerprint density at radius 2 is 1.83 bits per heavy atom. The first-order chi connectivity index (χ1) is 5.27. The van der Waals surface area contributed by atoms with Crippen LogP contribution in [0.4, 0.5) is 0 Å². The first-order valence-corrected chi connectivity index (χ1v) is 3.12. The Kier molecular flexibility index (Phi) is 2.23. The summed E-state index contributed by atoms with van der Waals surface area (Å²) in [6.45, 7) is 0. The van der Waals surface area contributed by atoms with E-state index in [9.17, 15) is 0 Å². The highest BCUT2D eigenvalue weighted by molar-refractivity contribution is 8.93. The Morgan fingerprint density at radius 3 is 2.58 bits per heavy atom. The molecule has 0 spiro atoms. The molecule has 0 bridgehead atoms. The van der Waals surface area contributed by atoms with Crippen molar-refractivity contribution in [3.63, 3.8) is 0 Å². The standard InChI is InChI=1S/C7H6N2O2.BrH/c10-6-1-4-5(2-7(6)11)9-3-8-4;/h1-3,10-11H,(H,8,9);1H. The molecule has 0 saturated carbocycles. The van der Waals surface area contributed by atoms with E-state index in [0.29, 0.717) is 11.0 Å². The molecular formula is C7H7BrN2O2. The molecule has 0 unspecified atom stereocenters. The first kappa shape index (κ1) is 8.86. The summed E-state index contributed by atoms with van der Waals surface area (Å²) in [6, 6.07) is 2.83. The summed E-state index contributed by atoms with van der Waals surface area (Å²) in [5.74, 6) is -0.286. The molecule has 0 saturated heterocycles. The molecule has 1 aromatic heterocycles. The number of aromatic hydroxyl groups is 2. The van der Waals surface area contributed by atoms with Crippen molar-refractivity contribution < 1.29 is 10.2 Å². The molecule has 4 nitrogen and oxygen atoms in total. The molecule has 0 amide bonds. The number of nitrogens with zero attached hydrogens (tertiary/aromatic N) is 1. The zero-order valence-corrected chi connectivity index (χ0v) is 7.70. The van der Waals surface area contributed by atoms with Gasteiger partial charge in [0.2, 0.25) is 0 Å². The lowest BCUT2D eigenvalue weighted by atomic mass is 10.3. The molecule has 0 aliphatic carbocycles. The zero-order chi connectivity index (χ0) is 7.84. The smallest absolute Gasteiger partial charge is 0.159 e. The van der Waals surface area contributed by atoms with Crippen LogP contribution in [0.15, 0.2) is 18.5 Å². The molecule has 0 atom stereocenters. The number of fused-ring (bicyclic) bond motifs is 1. The monoisotopic (exact) mass is 230 g/mol. The van der Waals surface area contributed by atoms with Gasteiger partial charge < -0.3 is 15.2 Å². The van der Waals surface area contributed by atoms with Gasteiger partial charge in [0.05, 0.1) is 17.4 Å². The molecule has 0 radical (unpaired) electrons. The van der Waals surface area contributed by atoms with Crippen LogP contribution in [-0.2, 0) is 0 Å². The van der Waals surface area contributed by atoms with E-state index in [4.69, 9.17) is 10.2 Å². The number of nitrogens with one attached hydrogen (secondary N) is 1. The average molecular weight is 231 g/mol. The van der Waals surface area contributed by atoms with Crippen molar-refractivity contribution in [3.8, 4) is 11.5 Å². The van der Waals surface area contributed by atoms with Gasteiger partial charge in [-0.1, -0.05) is 0 Å². The first-order valence-electron chi connectivity index (χ1n) is 3.12. The van der Waals surface area contributed by atoms with Crippen LogP contribution in [0.5, 0.6) is 11.5 Å². The van der Waals surface area contributed by atoms with Crippen LogP contribution < -0.4 is 0 Å². The number of imidazole rings is 1. The second-order valence-electron chi connectivity index (χ2n) is 2.26. The number of phenols is 2. The van der Waals surface area contributed by atoms with Gasteiger partial charge in [0, 0.05) is 12.1 Å². The highest BCUT2D eigenvalue weighted by Crippen LogP contribution is 2.27. The number of aromatic amines is 1. The molecule has 3 N–H and O–H groups in total. The quantitative estimate of drug-likeness (QED) is 0.602. The maximum absolute atomic E-state index is 9.04. The molecule has 5 heteroatoms. The summed E-state index contributed by atoms with van der Waals surface area (Å²) in [7, 11) is 0. The fraction of sp³-hybridized carbons (Fsp3) is 0. The van der Waals surface area contributed by atoms with Crippen molar-refractivity contribution in [1.82, 2.24) is 9.97 Å². The second kappa shape index (κ2) is 3.02. The Hall–Kier alpha value is -1.23. The number of hydrogen-bond donors (Lipinski definition) is 3. The molecule has 0 fully saturated rings. The fourth-order valence-corrected chi connectivity index (χ4v) is 0.960. The predicted octanol–water partition coefficient (Wildman–Crippen LogP) is 1.55. The van der Waals surface area contributed by atoms with E-state index in [-0.39, 0.29) is 28.5 Å². The number of phenolic OH excluding ortho intramolecular Hbond substituents is 2. The minimum Gasteiger partial charge on any atom is -0.504 e. The normalized spacial score (nSPS) is 9.67. The van der Waals surface area contributed by atoms with Gasteiger partial charge in [0.25, 0.3) is 0 Å². The molecule has 1 heterocycles. The van der Waals surface area contributed by atoms with E-state index in [1.165, 1.54) is 18.5 Å². The summed E-state index contributed by atoms with van der Waals surface area (Å²) in [5.41, 5.74) is 1.35. The van der Waals surface area contributed by atoms with E-state index in [1.807, 2.05) is 0 Å². The third-order valence-corrected chi connectivity index (χ3v) is 1.52. The van der Waals surface area contributed by atoms with Gasteiger partial charge in [0.1, 0.15) is 0 Å². The third-order valence-electron chi connectivity index (χ3n) is 1.52. The lowest BCUT2D eigenvalue weighted by Gasteiger charge is -1.94. The van der Waals surface area contributed by atoms with Crippen molar-refractivity contribution in [3.05, 3.63) is 18.5 Å². The Bertz CT molecular complexity index is 363. The van der Waals surface area contributed by atoms with Gasteiger partial charge in [-0.05, 0) is 0 Å². The number of aromatic nitrogens is 2.